The van der Waals surface area contributed by atoms with Gasteiger partial charge in [0.25, 0.3) is 0 Å². The van der Waals surface area contributed by atoms with Crippen LogP contribution in [0.1, 0.15) is 31.2 Å². The van der Waals surface area contributed by atoms with Gasteiger partial charge in [-0.25, -0.2) is 4.98 Å². The topological polar surface area (TPSA) is 69.0 Å². The summed E-state index contributed by atoms with van der Waals surface area (Å²) in [5.74, 6) is 2.09. The Hall–Kier alpha value is -2.45. The summed E-state index contributed by atoms with van der Waals surface area (Å²) in [5, 5.41) is 12.1. The maximum atomic E-state index is 11.1. The molecule has 1 aliphatic rings. The van der Waals surface area contributed by atoms with Crippen molar-refractivity contribution in [3.63, 3.8) is 0 Å². The number of aliphatic hydroxyl groups is 1. The first kappa shape index (κ1) is 26.6. The third-order valence-corrected chi connectivity index (χ3v) is 7.16. The van der Waals surface area contributed by atoms with Gasteiger partial charge in [0, 0.05) is 38.1 Å². The predicted octanol–water partition coefficient (Wildman–Crippen LogP) is 5.46. The normalized spacial score (nSPS) is 18.6. The van der Waals surface area contributed by atoms with Crippen LogP contribution in [0.15, 0.2) is 55.1 Å². The van der Waals surface area contributed by atoms with Gasteiger partial charge in [0.05, 0.1) is 35.7 Å². The molecule has 7 nitrogen and oxygen atoms in total. The van der Waals surface area contributed by atoms with Crippen LogP contribution in [0.2, 0.25) is 10.0 Å². The molecule has 2 aromatic carbocycles. The van der Waals surface area contributed by atoms with E-state index < -0.39 is 5.60 Å². The fourth-order valence-corrected chi connectivity index (χ4v) is 4.65. The van der Waals surface area contributed by atoms with Crippen molar-refractivity contribution in [1.82, 2.24) is 14.5 Å². The van der Waals surface area contributed by atoms with Crippen molar-refractivity contribution in [2.75, 3.05) is 33.4 Å². The second-order valence-electron chi connectivity index (χ2n) is 9.21. The van der Waals surface area contributed by atoms with Crippen molar-refractivity contribution in [3.05, 3.63) is 70.7 Å². The number of ether oxygens (including phenoxy) is 3. The smallest absolute Gasteiger partial charge is 0.161 e. The minimum absolute atomic E-state index is 0.222. The number of hydrogen-bond acceptors (Lipinski definition) is 6. The third-order valence-electron chi connectivity index (χ3n) is 6.42. The largest absolute Gasteiger partial charge is 0.493 e. The van der Waals surface area contributed by atoms with Crippen LogP contribution >= 0.6 is 23.2 Å². The molecule has 1 aliphatic heterocycles. The summed E-state index contributed by atoms with van der Waals surface area (Å²) < 4.78 is 19.4. The SMILES string of the molecule is COc1cc(CN2CCC[C@@](O)(COc3ccc(Cl)c(Cl)c3)CC2)ccc1OCCCn1ccnc1. The van der Waals surface area contributed by atoms with Crippen molar-refractivity contribution >= 4 is 23.2 Å². The molecule has 194 valence electrons. The van der Waals surface area contributed by atoms with Crippen molar-refractivity contribution in [1.29, 1.82) is 0 Å². The lowest BCUT2D eigenvalue weighted by atomic mass is 9.96. The molecule has 0 unspecified atom stereocenters. The molecule has 0 saturated carbocycles. The number of halogens is 2. The van der Waals surface area contributed by atoms with Crippen LogP contribution in [-0.2, 0) is 13.1 Å². The second kappa shape index (κ2) is 12.7. The van der Waals surface area contributed by atoms with Crippen LogP contribution in [0, 0.1) is 0 Å². The van der Waals surface area contributed by atoms with Crippen molar-refractivity contribution in [2.45, 2.75) is 44.4 Å². The number of likely N-dealkylation sites (tertiary alicyclic amines) is 1. The molecule has 1 saturated heterocycles. The molecule has 1 aromatic heterocycles. The predicted molar refractivity (Wildman–Crippen MR) is 141 cm³/mol. The van der Waals surface area contributed by atoms with Gasteiger partial charge < -0.3 is 23.9 Å². The quantitative estimate of drug-likeness (QED) is 0.330. The molecular weight excluding hydrogens is 501 g/mol. The Kier molecular flexibility index (Phi) is 9.37. The summed E-state index contributed by atoms with van der Waals surface area (Å²) in [6, 6.07) is 11.2. The minimum atomic E-state index is -0.882. The summed E-state index contributed by atoms with van der Waals surface area (Å²) in [4.78, 5) is 6.41. The first-order valence-corrected chi connectivity index (χ1v) is 13.0. The average Bonchev–Trinajstić information content (AvgIpc) is 3.33. The summed E-state index contributed by atoms with van der Waals surface area (Å²) in [7, 11) is 1.66. The highest BCUT2D eigenvalue weighted by atomic mass is 35.5. The van der Waals surface area contributed by atoms with Gasteiger partial charge in [-0.15, -0.1) is 0 Å². The molecule has 2 heterocycles. The van der Waals surface area contributed by atoms with Gasteiger partial charge in [-0.2, -0.15) is 0 Å². The lowest BCUT2D eigenvalue weighted by Crippen LogP contribution is -2.37. The van der Waals surface area contributed by atoms with Crippen LogP contribution in [0.3, 0.4) is 0 Å². The van der Waals surface area contributed by atoms with Gasteiger partial charge in [0.2, 0.25) is 0 Å². The zero-order valence-electron chi connectivity index (χ0n) is 20.5. The minimum Gasteiger partial charge on any atom is -0.493 e. The highest BCUT2D eigenvalue weighted by molar-refractivity contribution is 6.42. The van der Waals surface area contributed by atoms with E-state index in [1.165, 1.54) is 0 Å². The number of aromatic nitrogens is 2. The molecule has 36 heavy (non-hydrogen) atoms. The van der Waals surface area contributed by atoms with Gasteiger partial charge in [-0.3, -0.25) is 4.90 Å². The molecule has 1 fully saturated rings. The van der Waals surface area contributed by atoms with Gasteiger partial charge >= 0.3 is 0 Å². The van der Waals surface area contributed by atoms with Crippen LogP contribution in [0.4, 0.5) is 0 Å². The molecular formula is C27H33Cl2N3O4. The molecule has 4 rings (SSSR count). The number of nitrogens with zero attached hydrogens (tertiary/aromatic N) is 3. The zero-order chi connectivity index (χ0) is 25.4. The number of benzene rings is 2. The molecule has 1 atom stereocenters. The maximum Gasteiger partial charge on any atom is 0.161 e. The molecule has 0 spiro atoms. The average molecular weight is 534 g/mol. The fourth-order valence-electron chi connectivity index (χ4n) is 4.36. The highest BCUT2D eigenvalue weighted by Crippen LogP contribution is 2.31. The molecule has 1 N–H and O–H groups in total. The molecule has 0 aliphatic carbocycles. The first-order valence-electron chi connectivity index (χ1n) is 12.2. The monoisotopic (exact) mass is 533 g/mol. The number of aryl methyl sites for hydroxylation is 1. The van der Waals surface area contributed by atoms with Crippen LogP contribution in [0.5, 0.6) is 17.2 Å². The van der Waals surface area contributed by atoms with Gasteiger partial charge in [-0.05, 0) is 62.1 Å². The van der Waals surface area contributed by atoms with E-state index in [9.17, 15) is 5.11 Å². The van der Waals surface area contributed by atoms with E-state index in [0.29, 0.717) is 35.2 Å². The summed E-state index contributed by atoms with van der Waals surface area (Å²) in [6.45, 7) is 4.14. The van der Waals surface area contributed by atoms with Gasteiger partial charge in [0.1, 0.15) is 12.4 Å². The Bertz CT molecular complexity index is 1110. The molecule has 0 amide bonds. The fraction of sp³-hybridized carbons (Fsp3) is 0.444. The standard InChI is InChI=1S/C27H33Cl2N3O4/c1-34-26-16-21(4-7-25(26)35-15-3-12-32-14-10-30-20-32)18-31-11-2-8-27(33,9-13-31)19-36-22-5-6-23(28)24(29)17-22/h4-7,10,14,16-17,20,33H,2-3,8-9,11-13,15,18-19H2,1H3/t27-/m0/s1. The second-order valence-corrected chi connectivity index (χ2v) is 10.0. The first-order chi connectivity index (χ1) is 17.4. The molecule has 3 aromatic rings. The van der Waals surface area contributed by atoms with E-state index in [1.807, 2.05) is 29.2 Å². The number of hydrogen-bond donors (Lipinski definition) is 1. The Balaban J connectivity index is 1.26. The summed E-state index contributed by atoms with van der Waals surface area (Å²) in [6.07, 6.45) is 8.61. The van der Waals surface area contributed by atoms with Gasteiger partial charge in [0.15, 0.2) is 11.5 Å². The van der Waals surface area contributed by atoms with Crippen LogP contribution in [-0.4, -0.2) is 58.6 Å². The van der Waals surface area contributed by atoms with E-state index in [4.69, 9.17) is 37.4 Å². The summed E-state index contributed by atoms with van der Waals surface area (Å²) >= 11 is 12.0. The van der Waals surface area contributed by atoms with E-state index >= 15 is 0 Å². The van der Waals surface area contributed by atoms with Crippen molar-refractivity contribution in [3.8, 4) is 17.2 Å². The Morgan fingerprint density at radius 3 is 2.69 bits per heavy atom. The zero-order valence-corrected chi connectivity index (χ0v) is 22.0. The molecule has 9 heteroatoms. The van der Waals surface area contributed by atoms with Gasteiger partial charge in [-0.1, -0.05) is 29.3 Å². The van der Waals surface area contributed by atoms with E-state index in [1.54, 1.807) is 31.5 Å². The van der Waals surface area contributed by atoms with Crippen LogP contribution in [0.25, 0.3) is 0 Å². The number of rotatable bonds is 11. The third kappa shape index (κ3) is 7.53. The lowest BCUT2D eigenvalue weighted by molar-refractivity contribution is -0.0168. The Morgan fingerprint density at radius 1 is 1.03 bits per heavy atom. The van der Waals surface area contributed by atoms with E-state index in [0.717, 1.165) is 56.1 Å². The Morgan fingerprint density at radius 2 is 1.92 bits per heavy atom. The maximum absolute atomic E-state index is 11.1. The summed E-state index contributed by atoms with van der Waals surface area (Å²) in [5.41, 5.74) is 0.266. The van der Waals surface area contributed by atoms with E-state index in [-0.39, 0.29) is 6.61 Å². The number of methoxy groups -OCH3 is 1. The van der Waals surface area contributed by atoms with Crippen molar-refractivity contribution in [2.24, 2.45) is 0 Å². The number of imidazole rings is 1. The van der Waals surface area contributed by atoms with E-state index in [2.05, 4.69) is 16.0 Å². The van der Waals surface area contributed by atoms with Crippen molar-refractivity contribution < 1.29 is 19.3 Å². The Labute approximate surface area is 222 Å². The highest BCUT2D eigenvalue weighted by Gasteiger charge is 2.31. The molecule has 0 bridgehead atoms. The molecule has 0 radical (unpaired) electrons. The van der Waals surface area contributed by atoms with Crippen LogP contribution < -0.4 is 14.2 Å². The lowest BCUT2D eigenvalue weighted by Gasteiger charge is -2.27.